The lowest BCUT2D eigenvalue weighted by Crippen LogP contribution is -2.46. The van der Waals surface area contributed by atoms with Gasteiger partial charge < -0.3 is 14.8 Å². The summed E-state index contributed by atoms with van der Waals surface area (Å²) >= 11 is 1.27. The van der Waals surface area contributed by atoms with Crippen LogP contribution in [0.15, 0.2) is 24.3 Å². The maximum absolute atomic E-state index is 13.0. The number of halogens is 1. The molecule has 9 heteroatoms. The van der Waals surface area contributed by atoms with Crippen molar-refractivity contribution in [2.75, 3.05) is 25.1 Å². The highest BCUT2D eigenvalue weighted by Crippen LogP contribution is 2.26. The number of rotatable bonds is 5. The highest BCUT2D eigenvalue weighted by Gasteiger charge is 2.34. The molecule has 1 aromatic carbocycles. The highest BCUT2D eigenvalue weighted by molar-refractivity contribution is 7.13. The monoisotopic (exact) mass is 392 g/mol. The number of benzene rings is 1. The van der Waals surface area contributed by atoms with E-state index in [-0.39, 0.29) is 29.1 Å². The van der Waals surface area contributed by atoms with Crippen molar-refractivity contribution in [2.45, 2.75) is 38.1 Å². The number of hydrogen-bond acceptors (Lipinski definition) is 7. The van der Waals surface area contributed by atoms with Gasteiger partial charge in [0.05, 0.1) is 25.8 Å². The molecule has 2 aromatic rings. The molecule has 7 nitrogen and oxygen atoms in total. The number of nitrogens with zero attached hydrogens (tertiary/aromatic N) is 3. The third-order valence-electron chi connectivity index (χ3n) is 4.73. The molecule has 0 bridgehead atoms. The molecule has 1 amide bonds. The van der Waals surface area contributed by atoms with E-state index >= 15 is 0 Å². The SMILES string of the molecule is O=C(Nc1ccc(F)cc1)c1nnc(CN2CCCCC2C2OCCO2)s1. The lowest BCUT2D eigenvalue weighted by atomic mass is 10.0. The van der Waals surface area contributed by atoms with Gasteiger partial charge in [-0.3, -0.25) is 9.69 Å². The number of anilines is 1. The maximum Gasteiger partial charge on any atom is 0.286 e. The Bertz CT molecular complexity index is 779. The Labute approximate surface area is 160 Å². The topological polar surface area (TPSA) is 76.6 Å². The standard InChI is InChI=1S/C18H21FN4O3S/c19-12-4-6-13(7-5-12)20-16(24)17-22-21-15(27-17)11-23-8-2-1-3-14(23)18-25-9-10-26-18/h4-7,14,18H,1-3,8-11H2,(H,20,24). The predicted octanol–water partition coefficient (Wildman–Crippen LogP) is 2.66. The average Bonchev–Trinajstić information content (AvgIpc) is 3.36. The Morgan fingerprint density at radius 1 is 1.22 bits per heavy atom. The predicted molar refractivity (Wildman–Crippen MR) is 98.0 cm³/mol. The van der Waals surface area contributed by atoms with Crippen molar-refractivity contribution < 1.29 is 18.7 Å². The van der Waals surface area contributed by atoms with E-state index in [4.69, 9.17) is 9.47 Å². The van der Waals surface area contributed by atoms with Crippen LogP contribution in [0.4, 0.5) is 10.1 Å². The van der Waals surface area contributed by atoms with Crippen LogP contribution in [0.3, 0.4) is 0 Å². The molecule has 27 heavy (non-hydrogen) atoms. The molecular weight excluding hydrogens is 371 g/mol. The highest BCUT2D eigenvalue weighted by atomic mass is 32.1. The van der Waals surface area contributed by atoms with E-state index in [9.17, 15) is 9.18 Å². The van der Waals surface area contributed by atoms with Crippen LogP contribution in [0.2, 0.25) is 0 Å². The fourth-order valence-corrected chi connectivity index (χ4v) is 4.18. The third-order valence-corrected chi connectivity index (χ3v) is 5.63. The number of likely N-dealkylation sites (tertiary alicyclic amines) is 1. The Morgan fingerprint density at radius 3 is 2.78 bits per heavy atom. The van der Waals surface area contributed by atoms with E-state index in [1.165, 1.54) is 35.6 Å². The molecule has 1 atom stereocenters. The summed E-state index contributed by atoms with van der Waals surface area (Å²) in [5.41, 5.74) is 0.518. The van der Waals surface area contributed by atoms with Gasteiger partial charge in [0.2, 0.25) is 5.01 Å². The molecule has 3 heterocycles. The van der Waals surface area contributed by atoms with Crippen LogP contribution in [0.1, 0.15) is 34.1 Å². The molecular formula is C18H21FN4O3S. The first-order valence-corrected chi connectivity index (χ1v) is 9.87. The zero-order valence-corrected chi connectivity index (χ0v) is 15.6. The lowest BCUT2D eigenvalue weighted by molar-refractivity contribution is -0.111. The first-order chi connectivity index (χ1) is 13.2. The van der Waals surface area contributed by atoms with E-state index < -0.39 is 0 Å². The molecule has 1 N–H and O–H groups in total. The van der Waals surface area contributed by atoms with E-state index in [1.54, 1.807) is 0 Å². The van der Waals surface area contributed by atoms with Gasteiger partial charge in [-0.15, -0.1) is 10.2 Å². The third kappa shape index (κ3) is 4.49. The Hall–Kier alpha value is -1.94. The zero-order chi connectivity index (χ0) is 18.6. The largest absolute Gasteiger partial charge is 0.349 e. The van der Waals surface area contributed by atoms with Gasteiger partial charge in [0.1, 0.15) is 10.8 Å². The molecule has 144 valence electrons. The molecule has 0 spiro atoms. The number of carbonyl (C=O) groups excluding carboxylic acids is 1. The van der Waals surface area contributed by atoms with Crippen molar-refractivity contribution in [3.63, 3.8) is 0 Å². The van der Waals surface area contributed by atoms with Gasteiger partial charge in [0, 0.05) is 5.69 Å². The molecule has 4 rings (SSSR count). The fourth-order valence-electron chi connectivity index (χ4n) is 3.42. The van der Waals surface area contributed by atoms with Gasteiger partial charge in [-0.05, 0) is 43.7 Å². The van der Waals surface area contributed by atoms with Gasteiger partial charge in [-0.25, -0.2) is 4.39 Å². The second-order valence-electron chi connectivity index (χ2n) is 6.61. The van der Waals surface area contributed by atoms with Crippen molar-refractivity contribution in [3.8, 4) is 0 Å². The minimum absolute atomic E-state index is 0.181. The summed E-state index contributed by atoms with van der Waals surface area (Å²) in [5, 5.41) is 12.0. The van der Waals surface area contributed by atoms with Crippen LogP contribution in [0.25, 0.3) is 0 Å². The fraction of sp³-hybridized carbons (Fsp3) is 0.500. The van der Waals surface area contributed by atoms with Crippen molar-refractivity contribution in [3.05, 3.63) is 40.1 Å². The summed E-state index contributed by atoms with van der Waals surface area (Å²) in [4.78, 5) is 14.6. The number of nitrogens with one attached hydrogen (secondary N) is 1. The van der Waals surface area contributed by atoms with Crippen molar-refractivity contribution in [1.29, 1.82) is 0 Å². The maximum atomic E-state index is 13.0. The molecule has 2 aliphatic rings. The minimum Gasteiger partial charge on any atom is -0.349 e. The molecule has 1 unspecified atom stereocenters. The summed E-state index contributed by atoms with van der Waals surface area (Å²) < 4.78 is 24.3. The first kappa shape index (κ1) is 18.4. The molecule has 1 aromatic heterocycles. The normalized spacial score (nSPS) is 21.4. The quantitative estimate of drug-likeness (QED) is 0.843. The zero-order valence-electron chi connectivity index (χ0n) is 14.8. The number of carbonyl (C=O) groups is 1. The van der Waals surface area contributed by atoms with Crippen LogP contribution in [-0.2, 0) is 16.0 Å². The van der Waals surface area contributed by atoms with Crippen LogP contribution in [0, 0.1) is 5.82 Å². The van der Waals surface area contributed by atoms with Gasteiger partial charge in [-0.2, -0.15) is 0 Å². The Kier molecular flexibility index (Phi) is 5.72. The second kappa shape index (κ2) is 8.39. The molecule has 2 fully saturated rings. The van der Waals surface area contributed by atoms with E-state index in [1.807, 2.05) is 0 Å². The summed E-state index contributed by atoms with van der Waals surface area (Å²) in [6, 6.07) is 5.82. The van der Waals surface area contributed by atoms with Gasteiger partial charge in [-0.1, -0.05) is 17.8 Å². The summed E-state index contributed by atoms with van der Waals surface area (Å²) in [6.07, 6.45) is 3.13. The van der Waals surface area contributed by atoms with Crippen LogP contribution in [0.5, 0.6) is 0 Å². The van der Waals surface area contributed by atoms with Crippen LogP contribution >= 0.6 is 11.3 Å². The number of amides is 1. The average molecular weight is 392 g/mol. The van der Waals surface area contributed by atoms with Crippen molar-refractivity contribution in [1.82, 2.24) is 15.1 Å². The van der Waals surface area contributed by atoms with Crippen molar-refractivity contribution in [2.24, 2.45) is 0 Å². The molecule has 0 radical (unpaired) electrons. The number of piperidine rings is 1. The molecule has 2 aliphatic heterocycles. The summed E-state index contributed by atoms with van der Waals surface area (Å²) in [6.45, 7) is 2.85. The molecule has 0 aliphatic carbocycles. The molecule has 2 saturated heterocycles. The minimum atomic E-state index is -0.350. The Morgan fingerprint density at radius 2 is 2.00 bits per heavy atom. The number of aromatic nitrogens is 2. The van der Waals surface area contributed by atoms with Gasteiger partial charge in [0.15, 0.2) is 6.29 Å². The summed E-state index contributed by atoms with van der Waals surface area (Å²) in [5.74, 6) is -0.694. The molecule has 0 saturated carbocycles. The van der Waals surface area contributed by atoms with Crippen molar-refractivity contribution >= 4 is 22.9 Å². The Balaban J connectivity index is 1.39. The van der Waals surface area contributed by atoms with Crippen LogP contribution in [-0.4, -0.2) is 53.1 Å². The van der Waals surface area contributed by atoms with E-state index in [0.717, 1.165) is 30.8 Å². The van der Waals surface area contributed by atoms with E-state index in [0.29, 0.717) is 25.4 Å². The van der Waals surface area contributed by atoms with E-state index in [2.05, 4.69) is 20.4 Å². The number of ether oxygens (including phenoxy) is 2. The number of hydrogen-bond donors (Lipinski definition) is 1. The lowest BCUT2D eigenvalue weighted by Gasteiger charge is -2.37. The smallest absolute Gasteiger partial charge is 0.286 e. The van der Waals surface area contributed by atoms with Gasteiger partial charge >= 0.3 is 0 Å². The van der Waals surface area contributed by atoms with Gasteiger partial charge in [0.25, 0.3) is 5.91 Å². The first-order valence-electron chi connectivity index (χ1n) is 9.05. The second-order valence-corrected chi connectivity index (χ2v) is 7.67. The summed E-state index contributed by atoms with van der Waals surface area (Å²) in [7, 11) is 0. The van der Waals surface area contributed by atoms with Crippen LogP contribution < -0.4 is 5.32 Å².